The standard InChI is InChI=1S/C4H5F3N2O2/c5-4(6,7)2(9)1(8)3(10)11/h8-9H2,(H,10,11)/b2-1-. The zero-order valence-corrected chi connectivity index (χ0v) is 5.14. The van der Waals surface area contributed by atoms with Crippen LogP contribution >= 0.6 is 0 Å². The van der Waals surface area contributed by atoms with E-state index in [9.17, 15) is 18.0 Å². The highest BCUT2D eigenvalue weighted by atomic mass is 19.4. The van der Waals surface area contributed by atoms with E-state index in [0.29, 0.717) is 0 Å². The monoisotopic (exact) mass is 170 g/mol. The second-order valence-corrected chi connectivity index (χ2v) is 1.63. The molecular formula is C4H5F3N2O2. The minimum absolute atomic E-state index is 1.39. The number of nitrogens with two attached hydrogens (primary N) is 2. The summed E-state index contributed by atoms with van der Waals surface area (Å²) in [4.78, 5) is 9.82. The summed E-state index contributed by atoms with van der Waals surface area (Å²) in [6, 6.07) is 0. The van der Waals surface area contributed by atoms with Crippen LogP contribution in [0, 0.1) is 0 Å². The molecule has 0 heterocycles. The molecule has 0 aromatic rings. The van der Waals surface area contributed by atoms with E-state index in [-0.39, 0.29) is 0 Å². The molecule has 7 heteroatoms. The Hall–Kier alpha value is -1.40. The summed E-state index contributed by atoms with van der Waals surface area (Å²) in [6.07, 6.45) is -4.89. The van der Waals surface area contributed by atoms with Gasteiger partial charge in [0.25, 0.3) is 0 Å². The summed E-state index contributed by atoms with van der Waals surface area (Å²) in [5, 5.41) is 7.95. The van der Waals surface area contributed by atoms with Crippen molar-refractivity contribution in [1.29, 1.82) is 0 Å². The second-order valence-electron chi connectivity index (χ2n) is 1.63. The number of aliphatic carboxylic acids is 1. The Labute approximate surface area is 59.3 Å². The molecule has 0 unspecified atom stereocenters. The van der Waals surface area contributed by atoms with Gasteiger partial charge in [-0.15, -0.1) is 0 Å². The number of rotatable bonds is 1. The third-order valence-electron chi connectivity index (χ3n) is 0.826. The van der Waals surface area contributed by atoms with Gasteiger partial charge in [0.15, 0.2) is 0 Å². The van der Waals surface area contributed by atoms with Crippen LogP contribution in [0.1, 0.15) is 0 Å². The van der Waals surface area contributed by atoms with E-state index in [1.165, 1.54) is 0 Å². The Morgan fingerprint density at radius 1 is 1.27 bits per heavy atom. The van der Waals surface area contributed by atoms with Gasteiger partial charge in [0.05, 0.1) is 0 Å². The van der Waals surface area contributed by atoms with E-state index < -0.39 is 23.5 Å². The molecule has 0 fully saturated rings. The molecule has 0 spiro atoms. The lowest BCUT2D eigenvalue weighted by molar-refractivity contribution is -0.134. The predicted molar refractivity (Wildman–Crippen MR) is 29.1 cm³/mol. The van der Waals surface area contributed by atoms with Crippen LogP contribution in [0.25, 0.3) is 0 Å². The lowest BCUT2D eigenvalue weighted by atomic mass is 10.3. The smallest absolute Gasteiger partial charge is 0.433 e. The summed E-state index contributed by atoms with van der Waals surface area (Å²) in [7, 11) is 0. The van der Waals surface area contributed by atoms with Crippen LogP contribution in [0.3, 0.4) is 0 Å². The molecule has 0 aliphatic heterocycles. The van der Waals surface area contributed by atoms with Gasteiger partial charge in [-0.25, -0.2) is 4.79 Å². The Morgan fingerprint density at radius 2 is 1.64 bits per heavy atom. The van der Waals surface area contributed by atoms with Crippen LogP contribution in [0.5, 0.6) is 0 Å². The van der Waals surface area contributed by atoms with Crippen LogP contribution < -0.4 is 11.5 Å². The Kier molecular flexibility index (Phi) is 2.34. The number of hydrogen-bond acceptors (Lipinski definition) is 3. The average Bonchev–Trinajstić information content (AvgIpc) is 1.82. The molecule has 11 heavy (non-hydrogen) atoms. The zero-order chi connectivity index (χ0) is 9.23. The largest absolute Gasteiger partial charge is 0.477 e. The molecule has 0 aromatic heterocycles. The topological polar surface area (TPSA) is 89.3 Å². The van der Waals surface area contributed by atoms with Gasteiger partial charge in [0.1, 0.15) is 11.4 Å². The van der Waals surface area contributed by atoms with Crippen molar-refractivity contribution >= 4 is 5.97 Å². The minimum atomic E-state index is -4.89. The first-order valence-corrected chi connectivity index (χ1v) is 2.32. The summed E-state index contributed by atoms with van der Waals surface area (Å²) >= 11 is 0. The van der Waals surface area contributed by atoms with Gasteiger partial charge < -0.3 is 16.6 Å². The molecule has 0 radical (unpaired) electrons. The van der Waals surface area contributed by atoms with E-state index in [0.717, 1.165) is 0 Å². The molecule has 0 aliphatic rings. The van der Waals surface area contributed by atoms with Crippen molar-refractivity contribution in [2.24, 2.45) is 11.5 Å². The number of carboxylic acid groups (broad SMARTS) is 1. The van der Waals surface area contributed by atoms with Crippen LogP contribution in [0.15, 0.2) is 11.4 Å². The first-order valence-electron chi connectivity index (χ1n) is 2.32. The zero-order valence-electron chi connectivity index (χ0n) is 5.14. The molecule has 0 aliphatic carbocycles. The maximum atomic E-state index is 11.5. The SMILES string of the molecule is N/C(C(=O)O)=C(\N)C(F)(F)F. The maximum Gasteiger partial charge on any atom is 0.433 e. The molecule has 0 saturated heterocycles. The molecule has 64 valence electrons. The maximum absolute atomic E-state index is 11.5. The van der Waals surface area contributed by atoms with Crippen molar-refractivity contribution in [1.82, 2.24) is 0 Å². The molecular weight excluding hydrogens is 165 g/mol. The predicted octanol–water partition coefficient (Wildman–Crippen LogP) is -0.238. The fourth-order valence-corrected chi connectivity index (χ4v) is 0.268. The third-order valence-corrected chi connectivity index (χ3v) is 0.826. The third kappa shape index (κ3) is 2.36. The van der Waals surface area contributed by atoms with Gasteiger partial charge >= 0.3 is 12.1 Å². The molecule has 4 nitrogen and oxygen atoms in total. The first kappa shape index (κ1) is 9.60. The van der Waals surface area contributed by atoms with Crippen LogP contribution in [0.2, 0.25) is 0 Å². The highest BCUT2D eigenvalue weighted by molar-refractivity contribution is 5.86. The first-order chi connectivity index (χ1) is 4.76. The molecule has 5 N–H and O–H groups in total. The second kappa shape index (κ2) is 2.69. The van der Waals surface area contributed by atoms with Gasteiger partial charge in [0.2, 0.25) is 0 Å². The van der Waals surface area contributed by atoms with Crippen LogP contribution in [-0.4, -0.2) is 17.3 Å². The highest BCUT2D eigenvalue weighted by Gasteiger charge is 2.35. The van der Waals surface area contributed by atoms with E-state index in [1.54, 1.807) is 0 Å². The van der Waals surface area contributed by atoms with Crippen molar-refractivity contribution in [2.45, 2.75) is 6.18 Å². The number of hydrogen-bond donors (Lipinski definition) is 3. The summed E-state index contributed by atoms with van der Waals surface area (Å²) < 4.78 is 34.6. The quantitative estimate of drug-likeness (QED) is 0.474. The fraction of sp³-hybridized carbons (Fsp3) is 0.250. The van der Waals surface area contributed by atoms with Gasteiger partial charge in [-0.3, -0.25) is 0 Å². The van der Waals surface area contributed by atoms with Crippen molar-refractivity contribution in [2.75, 3.05) is 0 Å². The fourth-order valence-electron chi connectivity index (χ4n) is 0.268. The van der Waals surface area contributed by atoms with Gasteiger partial charge in [0, 0.05) is 0 Å². The Bertz CT molecular complexity index is 208. The summed E-state index contributed by atoms with van der Waals surface area (Å²) in [5.74, 6) is -1.89. The lowest BCUT2D eigenvalue weighted by Crippen LogP contribution is -2.28. The Morgan fingerprint density at radius 3 is 1.73 bits per heavy atom. The number of carboxylic acids is 1. The summed E-state index contributed by atoms with van der Waals surface area (Å²) in [6.45, 7) is 0. The molecule has 0 bridgehead atoms. The van der Waals surface area contributed by atoms with Crippen molar-refractivity contribution in [3.63, 3.8) is 0 Å². The van der Waals surface area contributed by atoms with Crippen molar-refractivity contribution < 1.29 is 23.1 Å². The molecule has 0 amide bonds. The lowest BCUT2D eigenvalue weighted by Gasteiger charge is -2.06. The van der Waals surface area contributed by atoms with E-state index in [1.807, 2.05) is 0 Å². The Balaban J connectivity index is 4.82. The van der Waals surface area contributed by atoms with Gasteiger partial charge in [-0.2, -0.15) is 13.2 Å². The number of alkyl halides is 3. The molecule has 0 rings (SSSR count). The molecule has 0 aromatic carbocycles. The highest BCUT2D eigenvalue weighted by Crippen LogP contribution is 2.22. The number of carbonyl (C=O) groups is 1. The van der Waals surface area contributed by atoms with Crippen LogP contribution in [-0.2, 0) is 4.79 Å². The van der Waals surface area contributed by atoms with Gasteiger partial charge in [-0.1, -0.05) is 0 Å². The van der Waals surface area contributed by atoms with Crippen molar-refractivity contribution in [3.8, 4) is 0 Å². The minimum Gasteiger partial charge on any atom is -0.477 e. The molecule has 0 saturated carbocycles. The number of halogens is 3. The summed E-state index contributed by atoms with van der Waals surface area (Å²) in [5.41, 5.74) is 5.65. The van der Waals surface area contributed by atoms with E-state index >= 15 is 0 Å². The normalized spacial score (nSPS) is 14.1. The molecule has 0 atom stereocenters. The average molecular weight is 170 g/mol. The van der Waals surface area contributed by atoms with E-state index in [4.69, 9.17) is 5.11 Å². The van der Waals surface area contributed by atoms with E-state index in [2.05, 4.69) is 11.5 Å². The van der Waals surface area contributed by atoms with Crippen LogP contribution in [0.4, 0.5) is 13.2 Å². The van der Waals surface area contributed by atoms with Gasteiger partial charge in [-0.05, 0) is 0 Å². The van der Waals surface area contributed by atoms with Crippen molar-refractivity contribution in [3.05, 3.63) is 11.4 Å². The number of allylic oxidation sites excluding steroid dienone is 1.